The average molecular weight is 356 g/mol. The fraction of sp³-hybridized carbons (Fsp3) is 0.368. The molecular weight excluding hydrogens is 334 g/mol. The lowest BCUT2D eigenvalue weighted by Crippen LogP contribution is -2.46. The van der Waals surface area contributed by atoms with E-state index in [9.17, 15) is 0 Å². The zero-order valence-electron chi connectivity index (χ0n) is 14.4. The molecule has 0 aliphatic carbocycles. The number of nitrogens with one attached hydrogen (secondary N) is 3. The molecule has 1 fully saturated rings. The number of para-hydroxylation sites is 1. The third kappa shape index (κ3) is 3.34. The van der Waals surface area contributed by atoms with Gasteiger partial charge in [0, 0.05) is 41.5 Å². The predicted molar refractivity (Wildman–Crippen MR) is 103 cm³/mol. The van der Waals surface area contributed by atoms with Crippen LogP contribution in [0.5, 0.6) is 0 Å². The maximum absolute atomic E-state index is 6.26. The molecule has 3 N–H and O–H groups in total. The van der Waals surface area contributed by atoms with Crippen LogP contribution in [0.3, 0.4) is 0 Å². The Bertz CT molecular complexity index is 880. The average Bonchev–Trinajstić information content (AvgIpc) is 2.99. The first kappa shape index (κ1) is 16.4. The third-order valence-electron chi connectivity index (χ3n) is 4.77. The number of aromatic nitrogens is 3. The fourth-order valence-electron chi connectivity index (χ4n) is 3.78. The van der Waals surface area contributed by atoms with Crippen LogP contribution in [0.2, 0.25) is 5.02 Å². The smallest absolute Gasteiger partial charge is 0.223 e. The Morgan fingerprint density at radius 3 is 2.76 bits per heavy atom. The minimum atomic E-state index is 0.388. The first-order chi connectivity index (χ1) is 12.1. The van der Waals surface area contributed by atoms with E-state index in [0.717, 1.165) is 35.0 Å². The standard InChI is InChI=1S/C19H22ClN5/c1-11-8-13(9-12(2)23-11)24-19-21-7-6-17(25-19)15-10-22-18-14(15)4-3-5-16(18)20/h3-7,10-13,22-23H,8-9H2,1-2H3,(H,21,24,25)/t11-,12-/m1/s1. The first-order valence-electron chi connectivity index (χ1n) is 8.72. The molecule has 0 radical (unpaired) electrons. The largest absolute Gasteiger partial charge is 0.359 e. The second kappa shape index (κ2) is 6.65. The molecule has 3 heterocycles. The molecule has 0 spiro atoms. The highest BCUT2D eigenvalue weighted by Crippen LogP contribution is 2.31. The van der Waals surface area contributed by atoms with Crippen LogP contribution in [0.25, 0.3) is 22.2 Å². The predicted octanol–water partition coefficient (Wildman–Crippen LogP) is 4.22. The summed E-state index contributed by atoms with van der Waals surface area (Å²) in [6.07, 6.45) is 5.90. The summed E-state index contributed by atoms with van der Waals surface area (Å²) < 4.78 is 0. The van der Waals surface area contributed by atoms with Gasteiger partial charge in [-0.25, -0.2) is 9.97 Å². The molecule has 5 nitrogen and oxygen atoms in total. The van der Waals surface area contributed by atoms with E-state index in [-0.39, 0.29) is 0 Å². The van der Waals surface area contributed by atoms with Crippen LogP contribution in [0.15, 0.2) is 36.7 Å². The summed E-state index contributed by atoms with van der Waals surface area (Å²) in [5.74, 6) is 0.681. The van der Waals surface area contributed by atoms with Crippen molar-refractivity contribution in [2.75, 3.05) is 5.32 Å². The Kier molecular flexibility index (Phi) is 4.36. The van der Waals surface area contributed by atoms with E-state index in [0.29, 0.717) is 29.1 Å². The van der Waals surface area contributed by atoms with Crippen LogP contribution in [0, 0.1) is 0 Å². The lowest BCUT2D eigenvalue weighted by Gasteiger charge is -2.33. The number of rotatable bonds is 3. The topological polar surface area (TPSA) is 65.6 Å². The molecule has 4 rings (SSSR count). The van der Waals surface area contributed by atoms with Gasteiger partial charge in [0.05, 0.1) is 16.2 Å². The number of nitrogens with zero attached hydrogens (tertiary/aromatic N) is 2. The van der Waals surface area contributed by atoms with Crippen LogP contribution in [0.4, 0.5) is 5.95 Å². The van der Waals surface area contributed by atoms with Crippen LogP contribution in [-0.4, -0.2) is 33.1 Å². The molecule has 1 aromatic carbocycles. The molecule has 0 saturated carbocycles. The Hall–Kier alpha value is -2.11. The van der Waals surface area contributed by atoms with Gasteiger partial charge in [-0.2, -0.15) is 0 Å². The Balaban J connectivity index is 1.62. The van der Waals surface area contributed by atoms with Crippen molar-refractivity contribution in [1.29, 1.82) is 0 Å². The van der Waals surface area contributed by atoms with Gasteiger partial charge in [0.15, 0.2) is 0 Å². The Labute approximate surface area is 152 Å². The number of aromatic amines is 1. The fourth-order valence-corrected chi connectivity index (χ4v) is 4.01. The highest BCUT2D eigenvalue weighted by Gasteiger charge is 2.23. The van der Waals surface area contributed by atoms with Crippen molar-refractivity contribution in [2.24, 2.45) is 0 Å². The Morgan fingerprint density at radius 2 is 1.96 bits per heavy atom. The molecule has 1 saturated heterocycles. The van der Waals surface area contributed by atoms with E-state index in [4.69, 9.17) is 16.6 Å². The summed E-state index contributed by atoms with van der Waals surface area (Å²) in [5.41, 5.74) is 2.87. The van der Waals surface area contributed by atoms with Crippen molar-refractivity contribution in [2.45, 2.75) is 44.8 Å². The number of piperidine rings is 1. The molecule has 0 amide bonds. The molecule has 6 heteroatoms. The SMILES string of the molecule is C[C@@H]1CC(Nc2nccc(-c3c[nH]c4c(Cl)cccc34)n2)C[C@@H](C)N1. The maximum atomic E-state index is 6.26. The van der Waals surface area contributed by atoms with E-state index in [1.54, 1.807) is 0 Å². The van der Waals surface area contributed by atoms with Crippen molar-refractivity contribution < 1.29 is 0 Å². The van der Waals surface area contributed by atoms with Crippen molar-refractivity contribution >= 4 is 28.5 Å². The van der Waals surface area contributed by atoms with E-state index >= 15 is 0 Å². The minimum Gasteiger partial charge on any atom is -0.359 e. The van der Waals surface area contributed by atoms with Gasteiger partial charge in [0.2, 0.25) is 5.95 Å². The van der Waals surface area contributed by atoms with E-state index in [1.807, 2.05) is 30.6 Å². The molecule has 0 unspecified atom stereocenters. The molecule has 25 heavy (non-hydrogen) atoms. The highest BCUT2D eigenvalue weighted by molar-refractivity contribution is 6.35. The van der Waals surface area contributed by atoms with Crippen molar-refractivity contribution in [3.63, 3.8) is 0 Å². The van der Waals surface area contributed by atoms with Crippen LogP contribution in [0.1, 0.15) is 26.7 Å². The molecule has 3 aromatic rings. The van der Waals surface area contributed by atoms with Gasteiger partial charge in [-0.3, -0.25) is 0 Å². The zero-order chi connectivity index (χ0) is 17.4. The lowest BCUT2D eigenvalue weighted by atomic mass is 9.95. The normalized spacial score (nSPS) is 23.7. The second-order valence-electron chi connectivity index (χ2n) is 6.91. The second-order valence-corrected chi connectivity index (χ2v) is 7.32. The van der Waals surface area contributed by atoms with E-state index in [2.05, 4.69) is 40.5 Å². The van der Waals surface area contributed by atoms with Crippen molar-refractivity contribution in [3.05, 3.63) is 41.7 Å². The van der Waals surface area contributed by atoms with Crippen molar-refractivity contribution in [1.82, 2.24) is 20.3 Å². The quantitative estimate of drug-likeness (QED) is 0.658. The molecule has 0 bridgehead atoms. The zero-order valence-corrected chi connectivity index (χ0v) is 15.1. The molecule has 1 aliphatic rings. The monoisotopic (exact) mass is 355 g/mol. The van der Waals surface area contributed by atoms with Gasteiger partial charge >= 0.3 is 0 Å². The van der Waals surface area contributed by atoms with Crippen LogP contribution in [-0.2, 0) is 0 Å². The number of benzene rings is 1. The number of hydrogen-bond donors (Lipinski definition) is 3. The van der Waals surface area contributed by atoms with E-state index in [1.165, 1.54) is 0 Å². The Morgan fingerprint density at radius 1 is 1.16 bits per heavy atom. The van der Waals surface area contributed by atoms with Gasteiger partial charge < -0.3 is 15.6 Å². The molecular formula is C19H22ClN5. The lowest BCUT2D eigenvalue weighted by molar-refractivity contribution is 0.329. The first-order valence-corrected chi connectivity index (χ1v) is 9.09. The minimum absolute atomic E-state index is 0.388. The van der Waals surface area contributed by atoms with Gasteiger partial charge in [0.1, 0.15) is 0 Å². The van der Waals surface area contributed by atoms with Gasteiger partial charge in [-0.15, -0.1) is 0 Å². The summed E-state index contributed by atoms with van der Waals surface area (Å²) in [7, 11) is 0. The molecule has 2 atom stereocenters. The highest BCUT2D eigenvalue weighted by atomic mass is 35.5. The summed E-state index contributed by atoms with van der Waals surface area (Å²) in [6, 6.07) is 9.22. The number of H-pyrrole nitrogens is 1. The summed E-state index contributed by atoms with van der Waals surface area (Å²) in [6.45, 7) is 4.44. The van der Waals surface area contributed by atoms with Crippen LogP contribution >= 0.6 is 11.6 Å². The van der Waals surface area contributed by atoms with Crippen molar-refractivity contribution in [3.8, 4) is 11.3 Å². The molecule has 130 valence electrons. The van der Waals surface area contributed by atoms with Gasteiger partial charge in [-0.05, 0) is 38.8 Å². The molecule has 1 aliphatic heterocycles. The van der Waals surface area contributed by atoms with Gasteiger partial charge in [0.25, 0.3) is 0 Å². The summed E-state index contributed by atoms with van der Waals surface area (Å²) in [4.78, 5) is 12.4. The number of anilines is 1. The third-order valence-corrected chi connectivity index (χ3v) is 5.09. The number of halogens is 1. The van der Waals surface area contributed by atoms with E-state index < -0.39 is 0 Å². The molecule has 2 aromatic heterocycles. The summed E-state index contributed by atoms with van der Waals surface area (Å²) >= 11 is 6.26. The maximum Gasteiger partial charge on any atom is 0.223 e. The number of hydrogen-bond acceptors (Lipinski definition) is 4. The van der Waals surface area contributed by atoms with Crippen LogP contribution < -0.4 is 10.6 Å². The summed E-state index contributed by atoms with van der Waals surface area (Å²) in [5, 5.41) is 8.85. The number of fused-ring (bicyclic) bond motifs is 1. The van der Waals surface area contributed by atoms with Gasteiger partial charge in [-0.1, -0.05) is 23.7 Å².